The molecule has 0 aliphatic heterocycles. The SMILES string of the molecule is C=C/C(N)=C\C(=C/C)c1cc2c(-c3nc4c(-c5cccc(F)c5)cccc4[nH]3)n[nH]c2cn1. The highest BCUT2D eigenvalue weighted by Crippen LogP contribution is 2.32. The van der Waals surface area contributed by atoms with Crippen molar-refractivity contribution in [3.05, 3.63) is 96.7 Å². The number of allylic oxidation sites excluding steroid dienone is 4. The van der Waals surface area contributed by atoms with Crippen LogP contribution in [0, 0.1) is 5.82 Å². The Morgan fingerprint density at radius 3 is 2.76 bits per heavy atom. The van der Waals surface area contributed by atoms with Gasteiger partial charge in [-0.15, -0.1) is 0 Å². The van der Waals surface area contributed by atoms with Crippen LogP contribution >= 0.6 is 0 Å². The minimum Gasteiger partial charge on any atom is -0.399 e. The molecule has 0 aliphatic rings. The van der Waals surface area contributed by atoms with Crippen molar-refractivity contribution in [2.24, 2.45) is 5.73 Å². The van der Waals surface area contributed by atoms with Crippen LogP contribution in [0.5, 0.6) is 0 Å². The summed E-state index contributed by atoms with van der Waals surface area (Å²) < 4.78 is 13.8. The number of pyridine rings is 1. The standard InChI is InChI=1S/C26H21FN6/c1-3-15(12-18(28)4-2)22-13-20-23(14-29-22)32-33-25(20)26-30-21-10-6-9-19(24(21)31-26)16-7-5-8-17(27)11-16/h3-14H,2,28H2,1H3,(H,30,31)(H,32,33)/b15-3+,18-12+. The number of benzene rings is 2. The van der Waals surface area contributed by atoms with Gasteiger partial charge in [0.2, 0.25) is 0 Å². The molecule has 2 aromatic carbocycles. The number of H-pyrrole nitrogens is 2. The predicted molar refractivity (Wildman–Crippen MR) is 130 cm³/mol. The number of para-hydroxylation sites is 1. The highest BCUT2D eigenvalue weighted by Gasteiger charge is 2.16. The second-order valence-electron chi connectivity index (χ2n) is 7.58. The molecule has 0 fully saturated rings. The first kappa shape index (κ1) is 20.4. The first-order valence-corrected chi connectivity index (χ1v) is 10.4. The van der Waals surface area contributed by atoms with Crippen LogP contribution in [0.15, 0.2) is 85.2 Å². The largest absolute Gasteiger partial charge is 0.399 e. The van der Waals surface area contributed by atoms with Gasteiger partial charge in [-0.3, -0.25) is 10.1 Å². The Morgan fingerprint density at radius 2 is 1.97 bits per heavy atom. The monoisotopic (exact) mass is 436 g/mol. The lowest BCUT2D eigenvalue weighted by molar-refractivity contribution is 0.628. The summed E-state index contributed by atoms with van der Waals surface area (Å²) in [6, 6.07) is 14.2. The Morgan fingerprint density at radius 1 is 1.12 bits per heavy atom. The molecule has 3 aromatic heterocycles. The van der Waals surface area contributed by atoms with Crippen molar-refractivity contribution in [2.45, 2.75) is 6.92 Å². The number of hydrogen-bond acceptors (Lipinski definition) is 4. The molecule has 0 aliphatic carbocycles. The Balaban J connectivity index is 1.64. The van der Waals surface area contributed by atoms with Crippen LogP contribution in [-0.4, -0.2) is 25.1 Å². The molecule has 33 heavy (non-hydrogen) atoms. The molecule has 7 heteroatoms. The van der Waals surface area contributed by atoms with Gasteiger partial charge < -0.3 is 10.7 Å². The molecule has 0 saturated heterocycles. The van der Waals surface area contributed by atoms with Gasteiger partial charge >= 0.3 is 0 Å². The first-order chi connectivity index (χ1) is 16.1. The van der Waals surface area contributed by atoms with Crippen LogP contribution in [0.1, 0.15) is 12.6 Å². The van der Waals surface area contributed by atoms with E-state index in [-0.39, 0.29) is 5.82 Å². The van der Waals surface area contributed by atoms with Gasteiger partial charge in [-0.2, -0.15) is 5.10 Å². The van der Waals surface area contributed by atoms with Crippen molar-refractivity contribution in [3.8, 4) is 22.6 Å². The van der Waals surface area contributed by atoms with E-state index in [0.717, 1.165) is 44.3 Å². The maximum absolute atomic E-state index is 13.8. The fourth-order valence-corrected chi connectivity index (χ4v) is 3.83. The number of nitrogens with one attached hydrogen (secondary N) is 2. The van der Waals surface area contributed by atoms with Gasteiger partial charge in [0, 0.05) is 16.6 Å². The van der Waals surface area contributed by atoms with Crippen molar-refractivity contribution in [2.75, 3.05) is 0 Å². The topological polar surface area (TPSA) is 96.3 Å². The van der Waals surface area contributed by atoms with E-state index < -0.39 is 0 Å². The van der Waals surface area contributed by atoms with Crippen LogP contribution in [-0.2, 0) is 0 Å². The fraction of sp³-hybridized carbons (Fsp3) is 0.0385. The molecular formula is C26H21FN6. The number of fused-ring (bicyclic) bond motifs is 2. The van der Waals surface area contributed by atoms with Crippen LogP contribution in [0.4, 0.5) is 4.39 Å². The summed E-state index contributed by atoms with van der Waals surface area (Å²) in [5.74, 6) is 0.324. The van der Waals surface area contributed by atoms with E-state index in [1.54, 1.807) is 18.3 Å². The molecule has 5 aromatic rings. The van der Waals surface area contributed by atoms with Crippen molar-refractivity contribution < 1.29 is 4.39 Å². The minimum atomic E-state index is -0.287. The molecule has 0 spiro atoms. The summed E-state index contributed by atoms with van der Waals surface area (Å²) in [6.45, 7) is 5.63. The van der Waals surface area contributed by atoms with Gasteiger partial charge in [0.25, 0.3) is 0 Å². The molecule has 3 heterocycles. The molecule has 0 atom stereocenters. The minimum absolute atomic E-state index is 0.287. The lowest BCUT2D eigenvalue weighted by atomic mass is 10.0. The third kappa shape index (κ3) is 3.70. The van der Waals surface area contributed by atoms with E-state index >= 15 is 0 Å². The van der Waals surface area contributed by atoms with E-state index in [0.29, 0.717) is 17.2 Å². The summed E-state index contributed by atoms with van der Waals surface area (Å²) in [7, 11) is 0. The van der Waals surface area contributed by atoms with Gasteiger partial charge in [-0.1, -0.05) is 36.9 Å². The maximum atomic E-state index is 13.8. The number of nitrogens with zero attached hydrogens (tertiary/aromatic N) is 3. The molecule has 0 saturated carbocycles. The third-order valence-corrected chi connectivity index (χ3v) is 5.48. The zero-order valence-corrected chi connectivity index (χ0v) is 17.9. The van der Waals surface area contributed by atoms with Crippen LogP contribution in [0.25, 0.3) is 50.2 Å². The Kier molecular flexibility index (Phi) is 5.06. The molecule has 0 radical (unpaired) electrons. The second-order valence-corrected chi connectivity index (χ2v) is 7.58. The molecule has 162 valence electrons. The quantitative estimate of drug-likeness (QED) is 0.306. The molecule has 6 nitrogen and oxygen atoms in total. The molecular weight excluding hydrogens is 415 g/mol. The van der Waals surface area contributed by atoms with E-state index in [2.05, 4.69) is 26.7 Å². The Labute approximate surface area is 189 Å². The molecule has 0 amide bonds. The van der Waals surface area contributed by atoms with Crippen molar-refractivity contribution in [1.82, 2.24) is 25.1 Å². The molecule has 0 bridgehead atoms. The Bertz CT molecular complexity index is 1570. The van der Waals surface area contributed by atoms with Crippen molar-refractivity contribution in [1.29, 1.82) is 0 Å². The van der Waals surface area contributed by atoms with Crippen LogP contribution in [0.2, 0.25) is 0 Å². The van der Waals surface area contributed by atoms with Gasteiger partial charge in [-0.05, 0) is 54.5 Å². The van der Waals surface area contributed by atoms with Gasteiger partial charge in [0.15, 0.2) is 5.82 Å². The van der Waals surface area contributed by atoms with E-state index in [1.165, 1.54) is 12.1 Å². The smallest absolute Gasteiger partial charge is 0.159 e. The van der Waals surface area contributed by atoms with Crippen molar-refractivity contribution >= 4 is 27.5 Å². The lowest BCUT2D eigenvalue weighted by Crippen LogP contribution is -1.94. The maximum Gasteiger partial charge on any atom is 0.159 e. The van der Waals surface area contributed by atoms with E-state index in [1.807, 2.05) is 49.4 Å². The Hall–Kier alpha value is -4.52. The van der Waals surface area contributed by atoms with Crippen molar-refractivity contribution in [3.63, 3.8) is 0 Å². The summed E-state index contributed by atoms with van der Waals surface area (Å²) in [5.41, 5.74) is 12.8. The summed E-state index contributed by atoms with van der Waals surface area (Å²) in [6.07, 6.45) is 7.10. The number of halogens is 1. The molecule has 0 unspecified atom stereocenters. The van der Waals surface area contributed by atoms with Crippen LogP contribution in [0.3, 0.4) is 0 Å². The predicted octanol–water partition coefficient (Wildman–Crippen LogP) is 5.74. The zero-order valence-electron chi connectivity index (χ0n) is 17.9. The first-order valence-electron chi connectivity index (χ1n) is 10.4. The summed E-state index contributed by atoms with van der Waals surface area (Å²) in [4.78, 5) is 12.7. The number of aromatic nitrogens is 5. The highest BCUT2D eigenvalue weighted by molar-refractivity contribution is 5.97. The van der Waals surface area contributed by atoms with Gasteiger partial charge in [0.05, 0.1) is 28.4 Å². The third-order valence-electron chi connectivity index (χ3n) is 5.48. The number of rotatable bonds is 5. The normalized spacial score (nSPS) is 12.5. The number of nitrogens with two attached hydrogens (primary N) is 1. The number of aromatic amines is 2. The summed E-state index contributed by atoms with van der Waals surface area (Å²) in [5, 5.41) is 8.38. The number of hydrogen-bond donors (Lipinski definition) is 3. The molecule has 5 rings (SSSR count). The molecule has 4 N–H and O–H groups in total. The van der Waals surface area contributed by atoms with Crippen LogP contribution < -0.4 is 5.73 Å². The summed E-state index contributed by atoms with van der Waals surface area (Å²) >= 11 is 0. The second kappa shape index (κ2) is 8.20. The highest BCUT2D eigenvalue weighted by atomic mass is 19.1. The lowest BCUT2D eigenvalue weighted by Gasteiger charge is -2.03. The van der Waals surface area contributed by atoms with E-state index in [4.69, 9.17) is 10.7 Å². The average molecular weight is 436 g/mol. The fourth-order valence-electron chi connectivity index (χ4n) is 3.83. The average Bonchev–Trinajstić information content (AvgIpc) is 3.45. The van der Waals surface area contributed by atoms with Gasteiger partial charge in [-0.25, -0.2) is 9.37 Å². The number of imidazole rings is 1. The van der Waals surface area contributed by atoms with Gasteiger partial charge in [0.1, 0.15) is 11.5 Å². The van der Waals surface area contributed by atoms with E-state index in [9.17, 15) is 4.39 Å². The zero-order chi connectivity index (χ0) is 22.9.